The molecule has 0 atom stereocenters. The lowest BCUT2D eigenvalue weighted by Crippen LogP contribution is -2.34. The topological polar surface area (TPSA) is 44.4 Å². The molecule has 1 fully saturated rings. The number of amides is 1. The van der Waals surface area contributed by atoms with Gasteiger partial charge >= 0.3 is 0 Å². The molecule has 0 bridgehead atoms. The molecule has 4 heteroatoms. The molecule has 0 spiro atoms. The van der Waals surface area contributed by atoms with Crippen LogP contribution in [0.5, 0.6) is 0 Å². The van der Waals surface area contributed by atoms with Gasteiger partial charge in [0.1, 0.15) is 0 Å². The Morgan fingerprint density at radius 2 is 2.05 bits per heavy atom. The van der Waals surface area contributed by atoms with Gasteiger partial charge in [0.2, 0.25) is 5.91 Å². The van der Waals surface area contributed by atoms with Crippen molar-refractivity contribution in [1.29, 1.82) is 0 Å². The van der Waals surface area contributed by atoms with Crippen molar-refractivity contribution in [3.05, 3.63) is 29.3 Å². The van der Waals surface area contributed by atoms with E-state index in [-0.39, 0.29) is 11.8 Å². The summed E-state index contributed by atoms with van der Waals surface area (Å²) in [5.41, 5.74) is 3.35. The van der Waals surface area contributed by atoms with Crippen molar-refractivity contribution in [1.82, 2.24) is 10.2 Å². The van der Waals surface area contributed by atoms with E-state index in [0.29, 0.717) is 0 Å². The van der Waals surface area contributed by atoms with Crippen LogP contribution in [0, 0.1) is 12.8 Å². The molecule has 0 unspecified atom stereocenters. The lowest BCUT2D eigenvalue weighted by Gasteiger charge is -2.23. The standard InChI is InChI=1S/C16H25N3O/c1-12-4-5-15(14(10-12)11-19(2)3)18-16(20)13-6-8-17-9-7-13/h4-5,10,13,17H,6-9,11H2,1-3H3,(H,18,20). The summed E-state index contributed by atoms with van der Waals surface area (Å²) < 4.78 is 0. The van der Waals surface area contributed by atoms with Crippen LogP contribution in [0.1, 0.15) is 24.0 Å². The van der Waals surface area contributed by atoms with Gasteiger partial charge in [0, 0.05) is 18.2 Å². The molecule has 4 nitrogen and oxygen atoms in total. The number of hydrogen-bond acceptors (Lipinski definition) is 3. The predicted molar refractivity (Wildman–Crippen MR) is 82.8 cm³/mol. The fourth-order valence-corrected chi connectivity index (χ4v) is 2.63. The second kappa shape index (κ2) is 6.86. The summed E-state index contributed by atoms with van der Waals surface area (Å²) in [4.78, 5) is 14.5. The highest BCUT2D eigenvalue weighted by molar-refractivity contribution is 5.93. The average molecular weight is 275 g/mol. The zero-order valence-electron chi connectivity index (χ0n) is 12.7. The van der Waals surface area contributed by atoms with Crippen LogP contribution < -0.4 is 10.6 Å². The second-order valence-electron chi connectivity index (χ2n) is 5.91. The first-order valence-corrected chi connectivity index (χ1v) is 7.32. The maximum Gasteiger partial charge on any atom is 0.227 e. The van der Waals surface area contributed by atoms with Crippen LogP contribution in [0.3, 0.4) is 0 Å². The maximum atomic E-state index is 12.3. The van der Waals surface area contributed by atoms with Crippen LogP contribution in [0.15, 0.2) is 18.2 Å². The second-order valence-corrected chi connectivity index (χ2v) is 5.91. The molecule has 110 valence electrons. The fourth-order valence-electron chi connectivity index (χ4n) is 2.63. The van der Waals surface area contributed by atoms with E-state index in [1.54, 1.807) is 0 Å². The molecule has 1 heterocycles. The molecule has 2 N–H and O–H groups in total. The number of piperidine rings is 1. The van der Waals surface area contributed by atoms with Crippen LogP contribution in [-0.2, 0) is 11.3 Å². The highest BCUT2D eigenvalue weighted by Gasteiger charge is 2.21. The summed E-state index contributed by atoms with van der Waals surface area (Å²) in [5, 5.41) is 6.41. The third-order valence-electron chi connectivity index (χ3n) is 3.72. The number of nitrogens with one attached hydrogen (secondary N) is 2. The Morgan fingerprint density at radius 1 is 1.35 bits per heavy atom. The summed E-state index contributed by atoms with van der Waals surface area (Å²) in [5.74, 6) is 0.306. The Hall–Kier alpha value is -1.39. The molecular weight excluding hydrogens is 250 g/mol. The Balaban J connectivity index is 2.09. The van der Waals surface area contributed by atoms with Crippen molar-refractivity contribution in [3.8, 4) is 0 Å². The first-order valence-electron chi connectivity index (χ1n) is 7.32. The molecule has 20 heavy (non-hydrogen) atoms. The Bertz CT molecular complexity index is 465. The highest BCUT2D eigenvalue weighted by atomic mass is 16.1. The number of nitrogens with zero attached hydrogens (tertiary/aromatic N) is 1. The summed E-state index contributed by atoms with van der Waals surface area (Å²) in [6, 6.07) is 6.22. The fraction of sp³-hybridized carbons (Fsp3) is 0.562. The number of carbonyl (C=O) groups excluding carboxylic acids is 1. The Morgan fingerprint density at radius 3 is 2.70 bits per heavy atom. The van der Waals surface area contributed by atoms with Gasteiger partial charge in [0.05, 0.1) is 0 Å². The molecule has 1 aromatic carbocycles. The van der Waals surface area contributed by atoms with Crippen LogP contribution in [-0.4, -0.2) is 38.0 Å². The molecule has 1 aliphatic heterocycles. The zero-order valence-corrected chi connectivity index (χ0v) is 12.7. The summed E-state index contributed by atoms with van der Waals surface area (Å²) in [6.45, 7) is 4.80. The smallest absolute Gasteiger partial charge is 0.227 e. The third kappa shape index (κ3) is 4.05. The summed E-state index contributed by atoms with van der Waals surface area (Å²) in [6.07, 6.45) is 1.86. The molecule has 0 aromatic heterocycles. The van der Waals surface area contributed by atoms with E-state index >= 15 is 0 Å². The highest BCUT2D eigenvalue weighted by Crippen LogP contribution is 2.21. The van der Waals surface area contributed by atoms with Crippen LogP contribution in [0.25, 0.3) is 0 Å². The number of benzene rings is 1. The van der Waals surface area contributed by atoms with Crippen molar-refractivity contribution in [2.75, 3.05) is 32.5 Å². The quantitative estimate of drug-likeness (QED) is 0.883. The van der Waals surface area contributed by atoms with Gasteiger partial charge < -0.3 is 15.5 Å². The summed E-state index contributed by atoms with van der Waals surface area (Å²) >= 11 is 0. The minimum Gasteiger partial charge on any atom is -0.326 e. The predicted octanol–water partition coefficient (Wildman–Crippen LogP) is 1.99. The normalized spacial score (nSPS) is 16.4. The third-order valence-corrected chi connectivity index (χ3v) is 3.72. The van der Waals surface area contributed by atoms with E-state index in [2.05, 4.69) is 34.6 Å². The van der Waals surface area contributed by atoms with Crippen molar-refractivity contribution < 1.29 is 4.79 Å². The van der Waals surface area contributed by atoms with Crippen molar-refractivity contribution in [2.24, 2.45) is 5.92 Å². The Kier molecular flexibility index (Phi) is 5.15. The maximum absolute atomic E-state index is 12.3. The minimum atomic E-state index is 0.143. The molecular formula is C16H25N3O. The first kappa shape index (κ1) is 15.0. The van der Waals surface area contributed by atoms with Gasteiger partial charge in [0.15, 0.2) is 0 Å². The lowest BCUT2D eigenvalue weighted by atomic mass is 9.97. The summed E-state index contributed by atoms with van der Waals surface area (Å²) in [7, 11) is 4.08. The van der Waals surface area contributed by atoms with Crippen LogP contribution >= 0.6 is 0 Å². The average Bonchev–Trinajstić information content (AvgIpc) is 2.42. The number of anilines is 1. The minimum absolute atomic E-state index is 0.143. The number of aryl methyl sites for hydroxylation is 1. The van der Waals surface area contributed by atoms with E-state index in [1.165, 1.54) is 11.1 Å². The van der Waals surface area contributed by atoms with E-state index in [9.17, 15) is 4.79 Å². The largest absolute Gasteiger partial charge is 0.326 e. The van der Waals surface area contributed by atoms with Gasteiger partial charge in [0.25, 0.3) is 0 Å². The molecule has 1 amide bonds. The van der Waals surface area contributed by atoms with Crippen LogP contribution in [0.2, 0.25) is 0 Å². The number of hydrogen-bond donors (Lipinski definition) is 2. The van der Waals surface area contributed by atoms with Gasteiger partial charge in [-0.3, -0.25) is 4.79 Å². The van der Waals surface area contributed by atoms with Crippen molar-refractivity contribution in [2.45, 2.75) is 26.3 Å². The zero-order chi connectivity index (χ0) is 14.5. The van der Waals surface area contributed by atoms with Gasteiger partial charge in [-0.25, -0.2) is 0 Å². The van der Waals surface area contributed by atoms with E-state index < -0.39 is 0 Å². The van der Waals surface area contributed by atoms with Gasteiger partial charge in [-0.1, -0.05) is 17.7 Å². The molecule has 1 aliphatic rings. The van der Waals surface area contributed by atoms with E-state index in [0.717, 1.165) is 38.2 Å². The molecule has 1 saturated heterocycles. The molecule has 0 aliphatic carbocycles. The number of rotatable bonds is 4. The molecule has 0 radical (unpaired) electrons. The van der Waals surface area contributed by atoms with Crippen molar-refractivity contribution >= 4 is 11.6 Å². The van der Waals surface area contributed by atoms with E-state index in [4.69, 9.17) is 0 Å². The van der Waals surface area contributed by atoms with E-state index in [1.807, 2.05) is 20.2 Å². The molecule has 2 rings (SSSR count). The van der Waals surface area contributed by atoms with Gasteiger partial charge in [-0.05, 0) is 58.6 Å². The van der Waals surface area contributed by atoms with Crippen molar-refractivity contribution in [3.63, 3.8) is 0 Å². The first-order chi connectivity index (χ1) is 9.56. The van der Waals surface area contributed by atoms with Gasteiger partial charge in [-0.2, -0.15) is 0 Å². The lowest BCUT2D eigenvalue weighted by molar-refractivity contribution is -0.120. The SMILES string of the molecule is Cc1ccc(NC(=O)C2CCNCC2)c(CN(C)C)c1. The molecule has 0 saturated carbocycles. The molecule has 1 aromatic rings. The Labute approximate surface area is 121 Å². The monoisotopic (exact) mass is 275 g/mol. The number of carbonyl (C=O) groups is 1. The van der Waals surface area contributed by atoms with Crippen LogP contribution in [0.4, 0.5) is 5.69 Å². The van der Waals surface area contributed by atoms with Gasteiger partial charge in [-0.15, -0.1) is 0 Å².